The summed E-state index contributed by atoms with van der Waals surface area (Å²) < 4.78 is 5.21. The lowest BCUT2D eigenvalue weighted by atomic mass is 9.98. The van der Waals surface area contributed by atoms with Crippen molar-refractivity contribution >= 4 is 140 Å². The summed E-state index contributed by atoms with van der Waals surface area (Å²) in [5, 5.41) is 15.1. The predicted molar refractivity (Wildman–Crippen MR) is 297 cm³/mol. The minimum Gasteiger partial charge on any atom is -0.310 e. The van der Waals surface area contributed by atoms with E-state index in [-0.39, 0.29) is 0 Å². The largest absolute Gasteiger partial charge is 0.310 e. The molecule has 0 aliphatic carbocycles. The second-order valence-electron chi connectivity index (χ2n) is 17.6. The Hall–Kier alpha value is -8.28. The number of hydrogen-bond donors (Lipinski definition) is 0. The summed E-state index contributed by atoms with van der Waals surface area (Å²) in [6.07, 6.45) is 0. The van der Waals surface area contributed by atoms with Gasteiger partial charge in [0.2, 0.25) is 0 Å². The van der Waals surface area contributed by atoms with Crippen molar-refractivity contribution in [2.75, 3.05) is 9.80 Å². The topological polar surface area (TPSA) is 6.48 Å². The lowest BCUT2D eigenvalue weighted by Gasteiger charge is -2.28. The van der Waals surface area contributed by atoms with Gasteiger partial charge in [0, 0.05) is 73.9 Å². The van der Waals surface area contributed by atoms with Gasteiger partial charge in [0.25, 0.3) is 0 Å². The minimum absolute atomic E-state index is 1.11. The number of hydrogen-bond acceptors (Lipinski definition) is 4. The molecule has 0 amide bonds. The van der Waals surface area contributed by atoms with Crippen LogP contribution in [-0.4, -0.2) is 0 Å². The fourth-order valence-corrected chi connectivity index (χ4v) is 12.8. The third-order valence-electron chi connectivity index (χ3n) is 13.8. The van der Waals surface area contributed by atoms with Crippen LogP contribution in [0, 0.1) is 0 Å². The van der Waals surface area contributed by atoms with Gasteiger partial charge < -0.3 is 9.80 Å². The van der Waals surface area contributed by atoms with Gasteiger partial charge >= 0.3 is 0 Å². The second kappa shape index (κ2) is 15.7. The first-order valence-electron chi connectivity index (χ1n) is 23.1. The summed E-state index contributed by atoms with van der Waals surface area (Å²) in [6, 6.07) is 89.7. The Bertz CT molecular complexity index is 4000. The van der Waals surface area contributed by atoms with E-state index in [0.717, 1.165) is 45.3 Å². The van der Waals surface area contributed by atoms with Gasteiger partial charge in [0.15, 0.2) is 0 Å². The average Bonchev–Trinajstić information content (AvgIpc) is 3.97. The highest BCUT2D eigenvalue weighted by atomic mass is 32.1. The molecule has 4 heteroatoms. The molecule has 0 bridgehead atoms. The van der Waals surface area contributed by atoms with Crippen molar-refractivity contribution in [3.05, 3.63) is 243 Å². The van der Waals surface area contributed by atoms with Crippen LogP contribution in [-0.2, 0) is 0 Å². The lowest BCUT2D eigenvalue weighted by Crippen LogP contribution is -2.11. The Kier molecular flexibility index (Phi) is 8.98. The first-order chi connectivity index (χ1) is 33.7. The Morgan fingerprint density at radius 2 is 0.544 bits per heavy atom. The van der Waals surface area contributed by atoms with Crippen LogP contribution in [0.4, 0.5) is 34.1 Å². The van der Waals surface area contributed by atoms with E-state index in [4.69, 9.17) is 0 Å². The highest BCUT2D eigenvalue weighted by molar-refractivity contribution is 7.26. The molecule has 2 heterocycles. The van der Waals surface area contributed by atoms with Crippen LogP contribution >= 0.6 is 22.7 Å². The summed E-state index contributed by atoms with van der Waals surface area (Å²) in [6.45, 7) is 0. The van der Waals surface area contributed by atoms with E-state index in [1.54, 1.807) is 0 Å². The van der Waals surface area contributed by atoms with Gasteiger partial charge in [0.1, 0.15) is 0 Å². The van der Waals surface area contributed by atoms with Gasteiger partial charge in [-0.15, -0.1) is 22.7 Å². The molecule has 0 N–H and O–H groups in total. The molecule has 0 saturated heterocycles. The molecule has 0 atom stereocenters. The van der Waals surface area contributed by atoms with E-state index >= 15 is 0 Å². The molecule has 0 radical (unpaired) electrons. The molecule has 14 aromatic rings. The summed E-state index contributed by atoms with van der Waals surface area (Å²) >= 11 is 3.72. The molecule has 12 aromatic carbocycles. The monoisotopic (exact) mass is 900 g/mol. The van der Waals surface area contributed by atoms with Crippen molar-refractivity contribution in [1.82, 2.24) is 0 Å². The quantitative estimate of drug-likeness (QED) is 0.147. The van der Waals surface area contributed by atoms with Crippen LogP contribution < -0.4 is 9.80 Å². The molecule has 14 rings (SSSR count). The number of thiophene rings is 2. The SMILES string of the molecule is c1ccc2c(c1)cc(N(c1ccc(-c3ccc(N(c4ccc5sc6ccccc6c5c4)c4cc5ccccc5c5ccccc45)cc3)cc1)c1ccc3sc4ccccc4c3c1)c1ccccc12. The number of benzene rings is 12. The maximum Gasteiger partial charge on any atom is 0.0546 e. The maximum atomic E-state index is 2.45. The Morgan fingerprint density at radius 3 is 0.971 bits per heavy atom. The van der Waals surface area contributed by atoms with Crippen molar-refractivity contribution < 1.29 is 0 Å². The predicted octanol–water partition coefficient (Wildman–Crippen LogP) is 19.6. The van der Waals surface area contributed by atoms with Gasteiger partial charge in [-0.2, -0.15) is 0 Å². The lowest BCUT2D eigenvalue weighted by molar-refractivity contribution is 1.30. The van der Waals surface area contributed by atoms with Crippen LogP contribution in [0.1, 0.15) is 0 Å². The molecular formula is C64H40N2S2. The average molecular weight is 901 g/mol. The number of nitrogens with zero attached hydrogens (tertiary/aromatic N) is 2. The van der Waals surface area contributed by atoms with Crippen molar-refractivity contribution in [1.29, 1.82) is 0 Å². The zero-order chi connectivity index (χ0) is 44.7. The van der Waals surface area contributed by atoms with E-state index in [1.165, 1.54) is 83.4 Å². The van der Waals surface area contributed by atoms with Crippen LogP contribution in [0.25, 0.3) is 94.6 Å². The molecule has 0 saturated carbocycles. The van der Waals surface area contributed by atoms with Gasteiger partial charge in [-0.1, -0.05) is 158 Å². The highest BCUT2D eigenvalue weighted by Crippen LogP contribution is 2.47. The van der Waals surface area contributed by atoms with Crippen LogP contribution in [0.3, 0.4) is 0 Å². The summed E-state index contributed by atoms with van der Waals surface area (Å²) in [5.74, 6) is 0. The highest BCUT2D eigenvalue weighted by Gasteiger charge is 2.21. The zero-order valence-corrected chi connectivity index (χ0v) is 38.4. The molecule has 0 aliphatic heterocycles. The molecular weight excluding hydrogens is 861 g/mol. The first-order valence-corrected chi connectivity index (χ1v) is 24.8. The Morgan fingerprint density at radius 1 is 0.221 bits per heavy atom. The smallest absolute Gasteiger partial charge is 0.0546 e. The van der Waals surface area contributed by atoms with Gasteiger partial charge in [-0.05, 0) is 128 Å². The molecule has 0 aliphatic rings. The van der Waals surface area contributed by atoms with E-state index in [9.17, 15) is 0 Å². The second-order valence-corrected chi connectivity index (χ2v) is 19.8. The fraction of sp³-hybridized carbons (Fsp3) is 0. The molecule has 0 fully saturated rings. The molecule has 2 nitrogen and oxygen atoms in total. The Labute approximate surface area is 401 Å². The van der Waals surface area contributed by atoms with Crippen molar-refractivity contribution in [2.45, 2.75) is 0 Å². The standard InChI is InChI=1S/C64H40N2S2/c1-3-15-49-43(13-1)37-59(53-19-7-5-17-51(49)53)65(47-33-35-63-57(39-47)55-21-9-11-23-61(55)67-63)45-29-25-41(26-30-45)42-27-31-46(32-28-42)66(48-34-36-64-58(40-48)56-22-10-12-24-62(56)68-64)60-38-44-14-2-4-16-50(44)52-18-6-8-20-54(52)60/h1-40H. The van der Waals surface area contributed by atoms with E-state index in [2.05, 4.69) is 252 Å². The van der Waals surface area contributed by atoms with Gasteiger partial charge in [-0.25, -0.2) is 0 Å². The van der Waals surface area contributed by atoms with Crippen LogP contribution in [0.5, 0.6) is 0 Å². The fourth-order valence-electron chi connectivity index (χ4n) is 10.6. The van der Waals surface area contributed by atoms with Gasteiger partial charge in [0.05, 0.1) is 11.4 Å². The number of fused-ring (bicyclic) bond motifs is 12. The van der Waals surface area contributed by atoms with E-state index in [0.29, 0.717) is 0 Å². The Balaban J connectivity index is 0.898. The van der Waals surface area contributed by atoms with E-state index in [1.807, 2.05) is 22.7 Å². The summed E-state index contributed by atoms with van der Waals surface area (Å²) in [7, 11) is 0. The van der Waals surface area contributed by atoms with Crippen molar-refractivity contribution in [2.24, 2.45) is 0 Å². The van der Waals surface area contributed by atoms with Crippen LogP contribution in [0.2, 0.25) is 0 Å². The van der Waals surface area contributed by atoms with Crippen LogP contribution in [0.15, 0.2) is 243 Å². The number of rotatable bonds is 7. The minimum atomic E-state index is 1.11. The molecule has 0 unspecified atom stereocenters. The molecule has 68 heavy (non-hydrogen) atoms. The molecule has 318 valence electrons. The van der Waals surface area contributed by atoms with Crippen molar-refractivity contribution in [3.8, 4) is 11.1 Å². The van der Waals surface area contributed by atoms with Gasteiger partial charge in [-0.3, -0.25) is 0 Å². The maximum absolute atomic E-state index is 2.45. The summed E-state index contributed by atoms with van der Waals surface area (Å²) in [5.41, 5.74) is 9.12. The zero-order valence-electron chi connectivity index (χ0n) is 36.8. The third-order valence-corrected chi connectivity index (χ3v) is 16.1. The van der Waals surface area contributed by atoms with E-state index < -0.39 is 0 Å². The third kappa shape index (κ3) is 6.30. The molecule has 2 aromatic heterocycles. The normalized spacial score (nSPS) is 11.8. The number of anilines is 6. The van der Waals surface area contributed by atoms with Crippen molar-refractivity contribution in [3.63, 3.8) is 0 Å². The first kappa shape index (κ1) is 38.9. The molecule has 0 spiro atoms. The summed E-state index contributed by atoms with van der Waals surface area (Å²) in [4.78, 5) is 4.90.